The topological polar surface area (TPSA) is 51.1 Å². The Bertz CT molecular complexity index is 810. The van der Waals surface area contributed by atoms with Crippen LogP contribution in [0.25, 0.3) is 0 Å². The van der Waals surface area contributed by atoms with E-state index in [0.717, 1.165) is 29.7 Å². The van der Waals surface area contributed by atoms with E-state index in [0.29, 0.717) is 6.54 Å². The van der Waals surface area contributed by atoms with Crippen molar-refractivity contribution in [3.8, 4) is 0 Å². The van der Waals surface area contributed by atoms with Crippen LogP contribution in [0.4, 0.5) is 4.39 Å². The molecular weight excluding hydrogens is 319 g/mol. The van der Waals surface area contributed by atoms with Gasteiger partial charge in [-0.2, -0.15) is 0 Å². The molecule has 2 aromatic rings. The third kappa shape index (κ3) is 3.98. The van der Waals surface area contributed by atoms with E-state index in [4.69, 9.17) is 0 Å². The van der Waals surface area contributed by atoms with Crippen LogP contribution in [0.1, 0.15) is 60.3 Å². The van der Waals surface area contributed by atoms with Crippen molar-refractivity contribution < 1.29 is 9.18 Å². The number of carbonyl (C=O) groups excluding carboxylic acids is 1. The second kappa shape index (κ2) is 8.10. The van der Waals surface area contributed by atoms with E-state index in [-0.39, 0.29) is 28.8 Å². The molecule has 0 spiro atoms. The predicted molar refractivity (Wildman–Crippen MR) is 97.7 cm³/mol. The summed E-state index contributed by atoms with van der Waals surface area (Å²) in [7, 11) is 1.51. The number of nitrogens with one attached hydrogen (secondary N) is 1. The molecular formula is C20H25FN2O2. The summed E-state index contributed by atoms with van der Waals surface area (Å²) in [5.74, 6) is -0.517. The summed E-state index contributed by atoms with van der Waals surface area (Å²) in [5, 5.41) is 2.53. The Kier molecular flexibility index (Phi) is 6.12. The van der Waals surface area contributed by atoms with Gasteiger partial charge in [0.1, 0.15) is 11.4 Å². The number of benzene rings is 1. The first kappa shape index (κ1) is 18.9. The quantitative estimate of drug-likeness (QED) is 0.872. The standard InChI is InChI=1S/C20H25FN2O2/c1-5-13(3)18-15(6-2)11-17(19(24)22-4)20(25)23(18)12-14-7-9-16(21)10-8-14/h7-11,13H,5-6,12H2,1-4H3,(H,22,24). The SMILES string of the molecule is CCc1cc(C(=O)NC)c(=O)n(Cc2ccc(F)cc2)c1C(C)CC. The van der Waals surface area contributed by atoms with Gasteiger partial charge in [0.25, 0.3) is 11.5 Å². The zero-order chi connectivity index (χ0) is 18.6. The van der Waals surface area contributed by atoms with E-state index in [1.54, 1.807) is 22.8 Å². The minimum absolute atomic E-state index is 0.147. The van der Waals surface area contributed by atoms with Gasteiger partial charge in [-0.1, -0.05) is 32.9 Å². The van der Waals surface area contributed by atoms with Gasteiger partial charge in [0.05, 0.1) is 6.54 Å². The van der Waals surface area contributed by atoms with Crippen LogP contribution in [-0.4, -0.2) is 17.5 Å². The van der Waals surface area contributed by atoms with Gasteiger partial charge in [0.2, 0.25) is 0 Å². The highest BCUT2D eigenvalue weighted by Gasteiger charge is 2.21. The summed E-state index contributed by atoms with van der Waals surface area (Å²) >= 11 is 0. The van der Waals surface area contributed by atoms with Crippen LogP contribution in [0.3, 0.4) is 0 Å². The van der Waals surface area contributed by atoms with Gasteiger partial charge in [0.15, 0.2) is 0 Å². The van der Waals surface area contributed by atoms with Gasteiger partial charge in [-0.3, -0.25) is 9.59 Å². The van der Waals surface area contributed by atoms with Crippen molar-refractivity contribution in [2.75, 3.05) is 7.05 Å². The Morgan fingerprint density at radius 2 is 1.88 bits per heavy atom. The summed E-state index contributed by atoms with van der Waals surface area (Å²) in [5.41, 5.74) is 2.61. The summed E-state index contributed by atoms with van der Waals surface area (Å²) in [6.07, 6.45) is 1.61. The molecule has 1 heterocycles. The van der Waals surface area contributed by atoms with Gasteiger partial charge >= 0.3 is 0 Å². The molecule has 1 unspecified atom stereocenters. The lowest BCUT2D eigenvalue weighted by Crippen LogP contribution is -2.34. The maximum Gasteiger partial charge on any atom is 0.263 e. The first-order valence-electron chi connectivity index (χ1n) is 8.65. The molecule has 0 aliphatic carbocycles. The average molecular weight is 344 g/mol. The fraction of sp³-hybridized carbons (Fsp3) is 0.400. The minimum Gasteiger partial charge on any atom is -0.355 e. The maximum absolute atomic E-state index is 13.2. The van der Waals surface area contributed by atoms with Crippen molar-refractivity contribution in [3.05, 3.63) is 68.9 Å². The molecule has 0 saturated heterocycles. The fourth-order valence-corrected chi connectivity index (χ4v) is 3.02. The van der Waals surface area contributed by atoms with E-state index < -0.39 is 0 Å². The second-order valence-corrected chi connectivity index (χ2v) is 6.23. The van der Waals surface area contributed by atoms with Crippen molar-refractivity contribution in [3.63, 3.8) is 0 Å². The van der Waals surface area contributed by atoms with Crippen molar-refractivity contribution >= 4 is 5.91 Å². The first-order chi connectivity index (χ1) is 11.9. The van der Waals surface area contributed by atoms with Gasteiger partial charge in [-0.15, -0.1) is 0 Å². The van der Waals surface area contributed by atoms with Crippen molar-refractivity contribution in [2.24, 2.45) is 0 Å². The molecule has 4 nitrogen and oxygen atoms in total. The molecule has 0 aliphatic rings. The van der Waals surface area contributed by atoms with E-state index in [1.807, 2.05) is 6.92 Å². The van der Waals surface area contributed by atoms with E-state index in [1.165, 1.54) is 19.2 Å². The monoisotopic (exact) mass is 344 g/mol. The largest absolute Gasteiger partial charge is 0.355 e. The molecule has 0 saturated carbocycles. The average Bonchev–Trinajstić information content (AvgIpc) is 2.63. The Hall–Kier alpha value is -2.43. The van der Waals surface area contributed by atoms with Crippen LogP contribution in [0, 0.1) is 5.82 Å². The lowest BCUT2D eigenvalue weighted by molar-refractivity contribution is 0.0960. The Morgan fingerprint density at radius 1 is 1.24 bits per heavy atom. The zero-order valence-corrected chi connectivity index (χ0v) is 15.2. The summed E-state index contributed by atoms with van der Waals surface area (Å²) < 4.78 is 14.9. The third-order valence-electron chi connectivity index (χ3n) is 4.60. The summed E-state index contributed by atoms with van der Waals surface area (Å²) in [6.45, 7) is 6.48. The molecule has 0 radical (unpaired) electrons. The van der Waals surface area contributed by atoms with Gasteiger partial charge in [0, 0.05) is 12.7 Å². The Labute approximate surface area is 147 Å². The smallest absolute Gasteiger partial charge is 0.263 e. The molecule has 134 valence electrons. The van der Waals surface area contributed by atoms with E-state index in [9.17, 15) is 14.0 Å². The highest BCUT2D eigenvalue weighted by Crippen LogP contribution is 2.24. The number of hydrogen-bond donors (Lipinski definition) is 1. The third-order valence-corrected chi connectivity index (χ3v) is 4.60. The van der Waals surface area contributed by atoms with Gasteiger partial charge in [-0.25, -0.2) is 4.39 Å². The lowest BCUT2D eigenvalue weighted by atomic mass is 9.95. The highest BCUT2D eigenvalue weighted by molar-refractivity contribution is 5.93. The number of nitrogens with zero attached hydrogens (tertiary/aromatic N) is 1. The number of halogens is 1. The molecule has 1 atom stereocenters. The molecule has 0 aliphatic heterocycles. The minimum atomic E-state index is -0.386. The van der Waals surface area contributed by atoms with E-state index in [2.05, 4.69) is 19.2 Å². The predicted octanol–water partition coefficient (Wildman–Crippen LogP) is 3.47. The maximum atomic E-state index is 13.2. The highest BCUT2D eigenvalue weighted by atomic mass is 19.1. The van der Waals surface area contributed by atoms with Crippen molar-refractivity contribution in [1.82, 2.24) is 9.88 Å². The number of carbonyl (C=O) groups is 1. The van der Waals surface area contributed by atoms with Crippen LogP contribution < -0.4 is 10.9 Å². The lowest BCUT2D eigenvalue weighted by Gasteiger charge is -2.22. The van der Waals surface area contributed by atoms with Gasteiger partial charge in [-0.05, 0) is 48.1 Å². The molecule has 1 aromatic carbocycles. The van der Waals surface area contributed by atoms with Crippen molar-refractivity contribution in [2.45, 2.75) is 46.1 Å². The molecule has 0 fully saturated rings. The van der Waals surface area contributed by atoms with Crippen LogP contribution in [0.5, 0.6) is 0 Å². The molecule has 1 amide bonds. The Morgan fingerprint density at radius 3 is 2.40 bits per heavy atom. The summed E-state index contributed by atoms with van der Waals surface area (Å²) in [6, 6.07) is 7.81. The van der Waals surface area contributed by atoms with Crippen LogP contribution >= 0.6 is 0 Å². The number of amides is 1. The number of rotatable bonds is 6. The second-order valence-electron chi connectivity index (χ2n) is 6.23. The molecule has 1 N–H and O–H groups in total. The van der Waals surface area contributed by atoms with Crippen LogP contribution in [-0.2, 0) is 13.0 Å². The molecule has 2 rings (SSSR count). The first-order valence-corrected chi connectivity index (χ1v) is 8.65. The molecule has 0 bridgehead atoms. The number of aryl methyl sites for hydroxylation is 1. The molecule has 1 aromatic heterocycles. The number of pyridine rings is 1. The van der Waals surface area contributed by atoms with Crippen LogP contribution in [0.15, 0.2) is 35.1 Å². The molecule has 25 heavy (non-hydrogen) atoms. The van der Waals surface area contributed by atoms with Gasteiger partial charge < -0.3 is 9.88 Å². The molecule has 5 heteroatoms. The normalized spacial score (nSPS) is 12.0. The summed E-state index contributed by atoms with van der Waals surface area (Å²) in [4.78, 5) is 25.1. The fourth-order valence-electron chi connectivity index (χ4n) is 3.02. The number of aromatic nitrogens is 1. The Balaban J connectivity index is 2.69. The van der Waals surface area contributed by atoms with E-state index >= 15 is 0 Å². The van der Waals surface area contributed by atoms with Crippen LogP contribution in [0.2, 0.25) is 0 Å². The van der Waals surface area contributed by atoms with Crippen molar-refractivity contribution in [1.29, 1.82) is 0 Å². The number of hydrogen-bond acceptors (Lipinski definition) is 2. The zero-order valence-electron chi connectivity index (χ0n) is 15.2.